The van der Waals surface area contributed by atoms with Gasteiger partial charge in [-0.05, 0) is 11.6 Å². The minimum absolute atomic E-state index is 0.265. The number of aromatic amines is 1. The van der Waals surface area contributed by atoms with Gasteiger partial charge in [0.15, 0.2) is 5.69 Å². The second kappa shape index (κ2) is 6.15. The van der Waals surface area contributed by atoms with Crippen molar-refractivity contribution in [3.8, 4) is 40.2 Å². The molecule has 0 unspecified atom stereocenters. The zero-order valence-corrected chi connectivity index (χ0v) is 12.6. The van der Waals surface area contributed by atoms with E-state index in [2.05, 4.69) is 20.4 Å². The Hall–Kier alpha value is -3.40. The molecule has 0 spiro atoms. The van der Waals surface area contributed by atoms with Crippen molar-refractivity contribution in [2.75, 3.05) is 14.2 Å². The zero-order valence-electron chi connectivity index (χ0n) is 12.6. The van der Waals surface area contributed by atoms with E-state index in [1.54, 1.807) is 20.3 Å². The van der Waals surface area contributed by atoms with E-state index in [0.717, 1.165) is 16.7 Å². The van der Waals surface area contributed by atoms with Crippen LogP contribution in [0.1, 0.15) is 5.69 Å². The van der Waals surface area contributed by atoms with Crippen LogP contribution in [-0.4, -0.2) is 34.6 Å². The number of nitrogens with zero attached hydrogens (tertiary/aromatic N) is 4. The largest absolute Gasteiger partial charge is 0.481 e. The van der Waals surface area contributed by atoms with Gasteiger partial charge in [-0.3, -0.25) is 0 Å². The Morgan fingerprint density at radius 1 is 0.957 bits per heavy atom. The molecule has 2 heterocycles. The average Bonchev–Trinajstić information content (AvgIpc) is 3.10. The molecule has 0 fully saturated rings. The number of rotatable bonds is 4. The van der Waals surface area contributed by atoms with Gasteiger partial charge in [0.05, 0.1) is 14.2 Å². The Morgan fingerprint density at radius 3 is 2.35 bits per heavy atom. The lowest BCUT2D eigenvalue weighted by Crippen LogP contribution is -1.94. The summed E-state index contributed by atoms with van der Waals surface area (Å²) in [5, 5.41) is 19.3. The monoisotopic (exact) mass is 307 g/mol. The van der Waals surface area contributed by atoms with Crippen LogP contribution in [0.3, 0.4) is 0 Å². The molecule has 0 saturated heterocycles. The van der Waals surface area contributed by atoms with Gasteiger partial charge >= 0.3 is 0 Å². The molecule has 3 rings (SSSR count). The summed E-state index contributed by atoms with van der Waals surface area (Å²) >= 11 is 0. The first-order valence-electron chi connectivity index (χ1n) is 6.77. The molecule has 3 aromatic rings. The maximum absolute atomic E-state index is 9.01. The van der Waals surface area contributed by atoms with Gasteiger partial charge in [0.1, 0.15) is 11.8 Å². The highest BCUT2D eigenvalue weighted by atomic mass is 16.5. The number of pyridine rings is 1. The molecule has 0 bridgehead atoms. The maximum Gasteiger partial charge on any atom is 0.224 e. The Kier molecular flexibility index (Phi) is 3.89. The first kappa shape index (κ1) is 14.5. The van der Waals surface area contributed by atoms with Crippen LogP contribution in [0.4, 0.5) is 0 Å². The van der Waals surface area contributed by atoms with Crippen LogP contribution in [0, 0.1) is 11.3 Å². The molecule has 1 aromatic carbocycles. The third kappa shape index (κ3) is 2.70. The third-order valence-electron chi connectivity index (χ3n) is 3.36. The number of benzene rings is 1. The van der Waals surface area contributed by atoms with E-state index in [9.17, 15) is 0 Å². The van der Waals surface area contributed by atoms with Crippen molar-refractivity contribution in [1.82, 2.24) is 20.4 Å². The first-order chi connectivity index (χ1) is 11.3. The molecule has 0 radical (unpaired) electrons. The van der Waals surface area contributed by atoms with Gasteiger partial charge in [-0.25, -0.2) is 0 Å². The number of hydrogen-bond acceptors (Lipinski definition) is 6. The second-order valence-corrected chi connectivity index (χ2v) is 4.62. The number of H-pyrrole nitrogens is 1. The molecule has 23 heavy (non-hydrogen) atoms. The van der Waals surface area contributed by atoms with Crippen molar-refractivity contribution < 1.29 is 9.47 Å². The fourth-order valence-electron chi connectivity index (χ4n) is 2.23. The van der Waals surface area contributed by atoms with Crippen molar-refractivity contribution in [2.45, 2.75) is 0 Å². The minimum Gasteiger partial charge on any atom is -0.481 e. The van der Waals surface area contributed by atoms with Crippen LogP contribution < -0.4 is 9.47 Å². The van der Waals surface area contributed by atoms with Gasteiger partial charge in [0.25, 0.3) is 0 Å². The molecular formula is C16H13N5O2. The quantitative estimate of drug-likeness (QED) is 0.795. The topological polar surface area (TPSA) is 96.7 Å². The predicted octanol–water partition coefficient (Wildman–Crippen LogP) is 2.42. The Morgan fingerprint density at radius 2 is 1.70 bits per heavy atom. The highest BCUT2D eigenvalue weighted by molar-refractivity contribution is 5.73. The number of nitriles is 1. The fraction of sp³-hybridized carbons (Fsp3) is 0.125. The molecule has 114 valence electrons. The van der Waals surface area contributed by atoms with E-state index in [0.29, 0.717) is 17.5 Å². The van der Waals surface area contributed by atoms with Crippen LogP contribution in [-0.2, 0) is 0 Å². The van der Waals surface area contributed by atoms with E-state index in [4.69, 9.17) is 14.7 Å². The van der Waals surface area contributed by atoms with E-state index in [1.807, 2.05) is 36.4 Å². The number of ether oxygens (including phenoxy) is 2. The van der Waals surface area contributed by atoms with Crippen LogP contribution in [0.2, 0.25) is 0 Å². The van der Waals surface area contributed by atoms with Gasteiger partial charge in [0, 0.05) is 17.2 Å². The smallest absolute Gasteiger partial charge is 0.224 e. The SMILES string of the molecule is COc1ccc(-c2ccc(-c3n[nH]nc3C#N)cc2)c(OC)n1. The van der Waals surface area contributed by atoms with Gasteiger partial charge in [-0.2, -0.15) is 20.6 Å². The molecule has 2 aromatic heterocycles. The Bertz CT molecular complexity index is 865. The number of aromatic nitrogens is 4. The summed E-state index contributed by atoms with van der Waals surface area (Å²) in [6, 6.07) is 13.2. The highest BCUT2D eigenvalue weighted by Gasteiger charge is 2.12. The fourth-order valence-corrected chi connectivity index (χ4v) is 2.23. The van der Waals surface area contributed by atoms with E-state index >= 15 is 0 Å². The van der Waals surface area contributed by atoms with Crippen LogP contribution in [0.5, 0.6) is 11.8 Å². The van der Waals surface area contributed by atoms with Crippen molar-refractivity contribution in [3.05, 3.63) is 42.1 Å². The molecule has 1 N–H and O–H groups in total. The minimum atomic E-state index is 0.265. The lowest BCUT2D eigenvalue weighted by molar-refractivity contribution is 0.366. The number of methoxy groups -OCH3 is 2. The molecule has 0 saturated carbocycles. The summed E-state index contributed by atoms with van der Waals surface area (Å²) in [5.41, 5.74) is 3.38. The lowest BCUT2D eigenvalue weighted by atomic mass is 10.0. The first-order valence-corrected chi connectivity index (χ1v) is 6.77. The van der Waals surface area contributed by atoms with Crippen LogP contribution >= 0.6 is 0 Å². The molecule has 0 atom stereocenters. The second-order valence-electron chi connectivity index (χ2n) is 4.62. The molecule has 0 aliphatic carbocycles. The van der Waals surface area contributed by atoms with Crippen molar-refractivity contribution >= 4 is 0 Å². The molecule has 0 amide bonds. The molecule has 0 aliphatic rings. The summed E-state index contributed by atoms with van der Waals surface area (Å²) in [4.78, 5) is 4.27. The van der Waals surface area contributed by atoms with Crippen molar-refractivity contribution in [3.63, 3.8) is 0 Å². The maximum atomic E-state index is 9.01. The zero-order chi connectivity index (χ0) is 16.2. The molecule has 7 nitrogen and oxygen atoms in total. The van der Waals surface area contributed by atoms with E-state index in [-0.39, 0.29) is 5.69 Å². The van der Waals surface area contributed by atoms with Crippen molar-refractivity contribution in [2.24, 2.45) is 0 Å². The van der Waals surface area contributed by atoms with Crippen LogP contribution in [0.25, 0.3) is 22.4 Å². The Balaban J connectivity index is 1.99. The van der Waals surface area contributed by atoms with Gasteiger partial charge in [-0.15, -0.1) is 5.10 Å². The van der Waals surface area contributed by atoms with Crippen molar-refractivity contribution in [1.29, 1.82) is 5.26 Å². The average molecular weight is 307 g/mol. The normalized spacial score (nSPS) is 10.1. The van der Waals surface area contributed by atoms with Gasteiger partial charge in [0.2, 0.25) is 11.8 Å². The van der Waals surface area contributed by atoms with E-state index < -0.39 is 0 Å². The summed E-state index contributed by atoms with van der Waals surface area (Å²) in [5.74, 6) is 0.972. The Labute approximate surface area is 132 Å². The molecule has 7 heteroatoms. The lowest BCUT2D eigenvalue weighted by Gasteiger charge is -2.09. The summed E-state index contributed by atoms with van der Waals surface area (Å²) < 4.78 is 10.4. The summed E-state index contributed by atoms with van der Waals surface area (Å²) in [7, 11) is 3.12. The number of nitrogens with one attached hydrogen (secondary N) is 1. The predicted molar refractivity (Wildman–Crippen MR) is 82.9 cm³/mol. The van der Waals surface area contributed by atoms with Gasteiger partial charge in [-0.1, -0.05) is 24.3 Å². The number of hydrogen-bond donors (Lipinski definition) is 1. The van der Waals surface area contributed by atoms with E-state index in [1.165, 1.54) is 0 Å². The molecular weight excluding hydrogens is 294 g/mol. The molecule has 0 aliphatic heterocycles. The standard InChI is InChI=1S/C16H13N5O2/c1-22-14-8-7-12(16(18-14)23-2)10-3-5-11(6-4-10)15-13(9-17)19-21-20-15/h3-8H,1-2H3,(H,19,20,21). The van der Waals surface area contributed by atoms with Gasteiger partial charge < -0.3 is 9.47 Å². The summed E-state index contributed by atoms with van der Waals surface area (Å²) in [6.07, 6.45) is 0. The summed E-state index contributed by atoms with van der Waals surface area (Å²) in [6.45, 7) is 0. The highest BCUT2D eigenvalue weighted by Crippen LogP contribution is 2.31. The van der Waals surface area contributed by atoms with Crippen LogP contribution in [0.15, 0.2) is 36.4 Å². The third-order valence-corrected chi connectivity index (χ3v) is 3.36.